The van der Waals surface area contributed by atoms with Gasteiger partial charge in [-0.25, -0.2) is 0 Å². The first-order valence-corrected chi connectivity index (χ1v) is 8.51. The molecule has 20 heavy (non-hydrogen) atoms. The number of amidine groups is 1. The Kier molecular flexibility index (Phi) is 4.63. The minimum absolute atomic E-state index is 0.554. The maximum Gasteiger partial charge on any atom is 0.156 e. The number of thioether (sulfide) groups is 1. The van der Waals surface area contributed by atoms with Crippen molar-refractivity contribution in [3.63, 3.8) is 0 Å². The summed E-state index contributed by atoms with van der Waals surface area (Å²) < 4.78 is 0. The summed E-state index contributed by atoms with van der Waals surface area (Å²) in [6.45, 7) is 5.50. The Hall–Kier alpha value is -1.00. The summed E-state index contributed by atoms with van der Waals surface area (Å²) >= 11 is 1.88. The molecule has 0 aliphatic carbocycles. The molecule has 1 aromatic carbocycles. The van der Waals surface area contributed by atoms with E-state index in [2.05, 4.69) is 52.5 Å². The lowest BCUT2D eigenvalue weighted by Gasteiger charge is -2.21. The van der Waals surface area contributed by atoms with E-state index in [4.69, 9.17) is 0 Å². The van der Waals surface area contributed by atoms with E-state index >= 15 is 0 Å². The summed E-state index contributed by atoms with van der Waals surface area (Å²) in [4.78, 5) is 7.15. The maximum absolute atomic E-state index is 4.58. The van der Waals surface area contributed by atoms with Crippen molar-refractivity contribution in [3.8, 4) is 0 Å². The van der Waals surface area contributed by atoms with E-state index in [1.165, 1.54) is 24.2 Å². The molecule has 108 valence electrons. The molecule has 1 N–H and O–H groups in total. The first kappa shape index (κ1) is 14.0. The Morgan fingerprint density at radius 2 is 2.20 bits per heavy atom. The third kappa shape index (κ3) is 3.55. The molecule has 3 rings (SSSR count). The molecule has 2 aliphatic heterocycles. The molecule has 0 spiro atoms. The van der Waals surface area contributed by atoms with Gasteiger partial charge in [0.05, 0.1) is 0 Å². The van der Waals surface area contributed by atoms with Gasteiger partial charge in [0.15, 0.2) is 5.17 Å². The van der Waals surface area contributed by atoms with Gasteiger partial charge in [-0.3, -0.25) is 9.89 Å². The Bertz CT molecular complexity index is 460. The fourth-order valence-electron chi connectivity index (χ4n) is 2.96. The summed E-state index contributed by atoms with van der Waals surface area (Å²) in [6, 6.07) is 12.0. The van der Waals surface area contributed by atoms with Gasteiger partial charge in [0.25, 0.3) is 0 Å². The van der Waals surface area contributed by atoms with Crippen LogP contribution in [-0.2, 0) is 6.54 Å². The quantitative estimate of drug-likeness (QED) is 0.927. The lowest BCUT2D eigenvalue weighted by atomic mass is 10.2. The lowest BCUT2D eigenvalue weighted by Crippen LogP contribution is -2.36. The van der Waals surface area contributed by atoms with Gasteiger partial charge in [-0.15, -0.1) is 0 Å². The zero-order valence-corrected chi connectivity index (χ0v) is 12.9. The fourth-order valence-corrected chi connectivity index (χ4v) is 3.86. The largest absolute Gasteiger partial charge is 0.361 e. The molecule has 1 aromatic rings. The molecule has 2 unspecified atom stereocenters. The van der Waals surface area contributed by atoms with Crippen molar-refractivity contribution in [2.75, 3.05) is 18.8 Å². The zero-order chi connectivity index (χ0) is 13.8. The second kappa shape index (κ2) is 6.64. The highest BCUT2D eigenvalue weighted by atomic mass is 32.2. The molecule has 1 fully saturated rings. The van der Waals surface area contributed by atoms with Crippen molar-refractivity contribution >= 4 is 16.9 Å². The molecular formula is C16H23N3S. The van der Waals surface area contributed by atoms with Gasteiger partial charge in [0.1, 0.15) is 0 Å². The van der Waals surface area contributed by atoms with Crippen molar-refractivity contribution in [1.82, 2.24) is 10.2 Å². The molecular weight excluding hydrogens is 266 g/mol. The first-order valence-electron chi connectivity index (χ1n) is 7.53. The summed E-state index contributed by atoms with van der Waals surface area (Å²) in [7, 11) is 0. The van der Waals surface area contributed by atoms with E-state index in [0.717, 1.165) is 24.8 Å². The maximum atomic E-state index is 4.58. The van der Waals surface area contributed by atoms with E-state index in [0.29, 0.717) is 12.1 Å². The minimum Gasteiger partial charge on any atom is -0.361 e. The van der Waals surface area contributed by atoms with Crippen LogP contribution in [0.15, 0.2) is 35.3 Å². The summed E-state index contributed by atoms with van der Waals surface area (Å²) in [6.07, 6.45) is 2.43. The summed E-state index contributed by atoms with van der Waals surface area (Å²) in [5.41, 5.74) is 1.41. The van der Waals surface area contributed by atoms with Crippen LogP contribution in [0.1, 0.15) is 25.3 Å². The highest BCUT2D eigenvalue weighted by Gasteiger charge is 2.29. The lowest BCUT2D eigenvalue weighted by molar-refractivity contribution is 0.258. The predicted octanol–water partition coefficient (Wildman–Crippen LogP) is 2.73. The van der Waals surface area contributed by atoms with Crippen molar-refractivity contribution in [2.45, 2.75) is 38.4 Å². The molecule has 4 heteroatoms. The highest BCUT2D eigenvalue weighted by Crippen LogP contribution is 2.21. The standard InChI is InChI=1S/C16H23N3S/c1-13-10-15(18-16-17-8-5-9-20-16)12-19(13)11-14-6-3-2-4-7-14/h2-4,6-7,13,15H,5,8-12H2,1H3,(H,17,18). The van der Waals surface area contributed by atoms with Gasteiger partial charge < -0.3 is 5.32 Å². The van der Waals surface area contributed by atoms with Crippen LogP contribution in [0.3, 0.4) is 0 Å². The average molecular weight is 289 g/mol. The van der Waals surface area contributed by atoms with Crippen LogP contribution in [0.25, 0.3) is 0 Å². The van der Waals surface area contributed by atoms with Crippen LogP contribution in [0, 0.1) is 0 Å². The molecule has 0 aromatic heterocycles. The smallest absolute Gasteiger partial charge is 0.156 e. The van der Waals surface area contributed by atoms with Crippen LogP contribution in [0.2, 0.25) is 0 Å². The zero-order valence-electron chi connectivity index (χ0n) is 12.1. The number of aliphatic imine (C=N–C) groups is 1. The van der Waals surface area contributed by atoms with Crippen molar-refractivity contribution < 1.29 is 0 Å². The number of hydrogen-bond acceptors (Lipinski definition) is 4. The first-order chi connectivity index (χ1) is 9.81. The third-order valence-electron chi connectivity index (χ3n) is 4.06. The predicted molar refractivity (Wildman–Crippen MR) is 87.2 cm³/mol. The molecule has 2 atom stereocenters. The number of hydrogen-bond donors (Lipinski definition) is 1. The topological polar surface area (TPSA) is 27.6 Å². The summed E-state index contributed by atoms with van der Waals surface area (Å²) in [5.74, 6) is 1.21. The third-order valence-corrected chi connectivity index (χ3v) is 5.07. The average Bonchev–Trinajstić information content (AvgIpc) is 2.81. The second-order valence-electron chi connectivity index (χ2n) is 5.73. The van der Waals surface area contributed by atoms with E-state index in [1.807, 2.05) is 11.8 Å². The van der Waals surface area contributed by atoms with E-state index in [-0.39, 0.29) is 0 Å². The Morgan fingerprint density at radius 3 is 2.95 bits per heavy atom. The van der Waals surface area contributed by atoms with Crippen LogP contribution in [0.4, 0.5) is 0 Å². The van der Waals surface area contributed by atoms with Crippen LogP contribution in [-0.4, -0.2) is 41.0 Å². The molecule has 0 radical (unpaired) electrons. The van der Waals surface area contributed by atoms with E-state index in [9.17, 15) is 0 Å². The summed E-state index contributed by atoms with van der Waals surface area (Å²) in [5, 5.41) is 4.80. The van der Waals surface area contributed by atoms with E-state index < -0.39 is 0 Å². The molecule has 0 saturated carbocycles. The molecule has 0 amide bonds. The molecule has 2 aliphatic rings. The monoisotopic (exact) mass is 289 g/mol. The van der Waals surface area contributed by atoms with E-state index in [1.54, 1.807) is 0 Å². The number of nitrogens with zero attached hydrogens (tertiary/aromatic N) is 2. The van der Waals surface area contributed by atoms with Crippen molar-refractivity contribution in [1.29, 1.82) is 0 Å². The van der Waals surface area contributed by atoms with Gasteiger partial charge in [-0.1, -0.05) is 42.1 Å². The van der Waals surface area contributed by atoms with Crippen LogP contribution >= 0.6 is 11.8 Å². The number of benzene rings is 1. The molecule has 2 heterocycles. The molecule has 0 bridgehead atoms. The van der Waals surface area contributed by atoms with Crippen molar-refractivity contribution in [2.24, 2.45) is 4.99 Å². The number of rotatable bonds is 3. The fraction of sp³-hybridized carbons (Fsp3) is 0.562. The van der Waals surface area contributed by atoms with Gasteiger partial charge in [-0.2, -0.15) is 0 Å². The number of nitrogens with one attached hydrogen (secondary N) is 1. The Labute approximate surface area is 125 Å². The molecule has 3 nitrogen and oxygen atoms in total. The van der Waals surface area contributed by atoms with Gasteiger partial charge >= 0.3 is 0 Å². The second-order valence-corrected chi connectivity index (χ2v) is 6.81. The number of likely N-dealkylation sites (tertiary alicyclic amines) is 1. The van der Waals surface area contributed by atoms with Crippen LogP contribution < -0.4 is 5.32 Å². The van der Waals surface area contributed by atoms with Crippen LogP contribution in [0.5, 0.6) is 0 Å². The van der Waals surface area contributed by atoms with Gasteiger partial charge in [0.2, 0.25) is 0 Å². The normalized spacial score (nSPS) is 27.4. The van der Waals surface area contributed by atoms with Crippen molar-refractivity contribution in [3.05, 3.63) is 35.9 Å². The Balaban J connectivity index is 1.55. The van der Waals surface area contributed by atoms with Gasteiger partial charge in [0, 0.05) is 37.5 Å². The van der Waals surface area contributed by atoms with Gasteiger partial charge in [-0.05, 0) is 25.3 Å². The Morgan fingerprint density at radius 1 is 1.35 bits per heavy atom. The SMILES string of the molecule is CC1CC(NC2=NCCCS2)CN1Cc1ccccc1. The molecule has 1 saturated heterocycles. The minimum atomic E-state index is 0.554. The highest BCUT2D eigenvalue weighted by molar-refractivity contribution is 8.13.